The van der Waals surface area contributed by atoms with Gasteiger partial charge in [-0.05, 0) is 23.8 Å². The van der Waals surface area contributed by atoms with Gasteiger partial charge in [0, 0.05) is 23.6 Å². The number of benzene rings is 2. The van der Waals surface area contributed by atoms with Crippen LogP contribution in [0.2, 0.25) is 0 Å². The summed E-state index contributed by atoms with van der Waals surface area (Å²) < 4.78 is 0. The Hall–Kier alpha value is -2.36. The zero-order valence-electron chi connectivity index (χ0n) is 9.83. The predicted octanol–water partition coefficient (Wildman–Crippen LogP) is 2.66. The molecule has 0 bridgehead atoms. The van der Waals surface area contributed by atoms with Crippen LogP contribution in [0, 0.1) is 0 Å². The van der Waals surface area contributed by atoms with Crippen LogP contribution in [0.25, 0.3) is 0 Å². The molecule has 2 rings (SSSR count). The Morgan fingerprint density at radius 1 is 0.778 bits per heavy atom. The minimum atomic E-state index is -0.219. The second-order valence-corrected chi connectivity index (χ2v) is 4.25. The summed E-state index contributed by atoms with van der Waals surface area (Å²) in [4.78, 5) is 0. The maximum Gasteiger partial charge on any atom is 0.123 e. The Bertz CT molecular complexity index is 558. The van der Waals surface area contributed by atoms with Crippen molar-refractivity contribution in [3.05, 3.63) is 47.5 Å². The maximum atomic E-state index is 9.78. The lowest BCUT2D eigenvalue weighted by Crippen LogP contribution is -1.96. The van der Waals surface area contributed by atoms with Crippen LogP contribution in [0.15, 0.2) is 36.4 Å². The van der Waals surface area contributed by atoms with E-state index in [2.05, 4.69) is 0 Å². The first-order chi connectivity index (χ1) is 8.47. The molecule has 1 atom stereocenters. The second kappa shape index (κ2) is 4.49. The van der Waals surface area contributed by atoms with Gasteiger partial charge in [-0.3, -0.25) is 0 Å². The zero-order valence-corrected chi connectivity index (χ0v) is 9.83. The fourth-order valence-electron chi connectivity index (χ4n) is 1.95. The smallest absolute Gasteiger partial charge is 0.123 e. The molecule has 4 N–H and O–H groups in total. The van der Waals surface area contributed by atoms with Crippen molar-refractivity contribution in [2.45, 2.75) is 12.8 Å². The van der Waals surface area contributed by atoms with Gasteiger partial charge in [-0.2, -0.15) is 0 Å². The molecule has 0 aliphatic heterocycles. The van der Waals surface area contributed by atoms with Crippen LogP contribution in [0.5, 0.6) is 23.0 Å². The summed E-state index contributed by atoms with van der Waals surface area (Å²) in [5.41, 5.74) is 1.28. The highest BCUT2D eigenvalue weighted by molar-refractivity contribution is 5.47. The number of phenols is 4. The molecule has 1 unspecified atom stereocenters. The van der Waals surface area contributed by atoms with Gasteiger partial charge in [0.1, 0.15) is 23.0 Å². The molecule has 18 heavy (non-hydrogen) atoms. The van der Waals surface area contributed by atoms with Crippen LogP contribution in [0.1, 0.15) is 24.0 Å². The summed E-state index contributed by atoms with van der Waals surface area (Å²) in [5.74, 6) is -0.318. The average molecular weight is 246 g/mol. The van der Waals surface area contributed by atoms with Gasteiger partial charge in [0.25, 0.3) is 0 Å². The van der Waals surface area contributed by atoms with Crippen LogP contribution < -0.4 is 0 Å². The van der Waals surface area contributed by atoms with E-state index in [0.717, 1.165) is 0 Å². The summed E-state index contributed by atoms with van der Waals surface area (Å²) in [5, 5.41) is 37.9. The van der Waals surface area contributed by atoms with Crippen molar-refractivity contribution in [1.29, 1.82) is 0 Å². The van der Waals surface area contributed by atoms with Crippen molar-refractivity contribution in [2.75, 3.05) is 0 Å². The largest absolute Gasteiger partial charge is 0.508 e. The van der Waals surface area contributed by atoms with Gasteiger partial charge >= 0.3 is 0 Å². The standard InChI is InChI=1S/C14H14O4/c1-8(9-4-11(16)6-12(17)5-9)13-3-2-10(15)7-14(13)18/h2-8,15-18H,1H3. The Labute approximate surface area is 104 Å². The predicted molar refractivity (Wildman–Crippen MR) is 67.1 cm³/mol. The third kappa shape index (κ3) is 2.32. The first-order valence-electron chi connectivity index (χ1n) is 5.52. The van der Waals surface area contributed by atoms with Crippen LogP contribution in [0.4, 0.5) is 0 Å². The Morgan fingerprint density at radius 3 is 1.94 bits per heavy atom. The third-order valence-electron chi connectivity index (χ3n) is 2.91. The SMILES string of the molecule is CC(c1cc(O)cc(O)c1)c1ccc(O)cc1O. The zero-order chi connectivity index (χ0) is 13.3. The molecule has 0 aromatic heterocycles. The maximum absolute atomic E-state index is 9.78. The Balaban J connectivity index is 2.44. The first-order valence-corrected chi connectivity index (χ1v) is 5.52. The molecular weight excluding hydrogens is 232 g/mol. The molecule has 0 aliphatic carbocycles. The molecule has 0 spiro atoms. The number of phenolic OH excluding ortho intramolecular Hbond substituents is 4. The van der Waals surface area contributed by atoms with E-state index in [1.165, 1.54) is 30.3 Å². The third-order valence-corrected chi connectivity index (χ3v) is 2.91. The highest BCUT2D eigenvalue weighted by Crippen LogP contribution is 2.35. The number of rotatable bonds is 2. The summed E-state index contributed by atoms with van der Waals surface area (Å²) in [6, 6.07) is 8.64. The molecule has 0 radical (unpaired) electrons. The lowest BCUT2D eigenvalue weighted by atomic mass is 9.92. The fourth-order valence-corrected chi connectivity index (χ4v) is 1.95. The first kappa shape index (κ1) is 12.1. The van der Waals surface area contributed by atoms with Crippen LogP contribution in [-0.2, 0) is 0 Å². The van der Waals surface area contributed by atoms with Gasteiger partial charge in [0.05, 0.1) is 0 Å². The lowest BCUT2D eigenvalue weighted by Gasteiger charge is -2.15. The van der Waals surface area contributed by atoms with Crippen molar-refractivity contribution in [1.82, 2.24) is 0 Å². The van der Waals surface area contributed by atoms with E-state index < -0.39 is 0 Å². The molecule has 94 valence electrons. The molecule has 0 saturated heterocycles. The fraction of sp³-hybridized carbons (Fsp3) is 0.143. The minimum absolute atomic E-state index is 0.0118. The van der Waals surface area contributed by atoms with Crippen LogP contribution >= 0.6 is 0 Å². The van der Waals surface area contributed by atoms with Gasteiger partial charge in [-0.15, -0.1) is 0 Å². The van der Waals surface area contributed by atoms with E-state index in [0.29, 0.717) is 11.1 Å². The van der Waals surface area contributed by atoms with E-state index in [-0.39, 0.29) is 28.9 Å². The van der Waals surface area contributed by atoms with E-state index in [1.807, 2.05) is 6.92 Å². The van der Waals surface area contributed by atoms with Crippen molar-refractivity contribution < 1.29 is 20.4 Å². The van der Waals surface area contributed by atoms with Crippen molar-refractivity contribution >= 4 is 0 Å². The van der Waals surface area contributed by atoms with Gasteiger partial charge < -0.3 is 20.4 Å². The molecule has 0 heterocycles. The molecule has 0 saturated carbocycles. The summed E-state index contributed by atoms with van der Waals surface area (Å²) in [6.07, 6.45) is 0. The topological polar surface area (TPSA) is 80.9 Å². The molecule has 0 amide bonds. The molecule has 0 fully saturated rings. The number of aromatic hydroxyl groups is 4. The normalized spacial score (nSPS) is 12.3. The number of hydrogen-bond acceptors (Lipinski definition) is 4. The summed E-state index contributed by atoms with van der Waals surface area (Å²) >= 11 is 0. The van der Waals surface area contributed by atoms with E-state index in [9.17, 15) is 20.4 Å². The van der Waals surface area contributed by atoms with Crippen molar-refractivity contribution in [3.63, 3.8) is 0 Å². The minimum Gasteiger partial charge on any atom is -0.508 e. The van der Waals surface area contributed by atoms with Gasteiger partial charge in [-0.1, -0.05) is 13.0 Å². The van der Waals surface area contributed by atoms with Crippen LogP contribution in [-0.4, -0.2) is 20.4 Å². The van der Waals surface area contributed by atoms with E-state index in [1.54, 1.807) is 6.07 Å². The van der Waals surface area contributed by atoms with E-state index >= 15 is 0 Å². The van der Waals surface area contributed by atoms with Gasteiger partial charge in [0.2, 0.25) is 0 Å². The van der Waals surface area contributed by atoms with Crippen molar-refractivity contribution in [3.8, 4) is 23.0 Å². The monoisotopic (exact) mass is 246 g/mol. The molecule has 0 aliphatic rings. The highest BCUT2D eigenvalue weighted by atomic mass is 16.3. The van der Waals surface area contributed by atoms with Crippen molar-refractivity contribution in [2.24, 2.45) is 0 Å². The summed E-state index contributed by atoms with van der Waals surface area (Å²) in [7, 11) is 0. The molecule has 4 nitrogen and oxygen atoms in total. The average Bonchev–Trinajstić information content (AvgIpc) is 2.26. The van der Waals surface area contributed by atoms with E-state index in [4.69, 9.17) is 0 Å². The number of hydrogen-bond donors (Lipinski definition) is 4. The Morgan fingerprint density at radius 2 is 1.39 bits per heavy atom. The second-order valence-electron chi connectivity index (χ2n) is 4.25. The highest BCUT2D eigenvalue weighted by Gasteiger charge is 2.14. The summed E-state index contributed by atoms with van der Waals surface area (Å²) in [6.45, 7) is 1.83. The quantitative estimate of drug-likeness (QED) is 0.656. The van der Waals surface area contributed by atoms with Crippen LogP contribution in [0.3, 0.4) is 0 Å². The lowest BCUT2D eigenvalue weighted by molar-refractivity contribution is 0.441. The Kier molecular flexibility index (Phi) is 3.02. The molecule has 2 aromatic carbocycles. The molecule has 4 heteroatoms. The molecular formula is C14H14O4. The van der Waals surface area contributed by atoms with Gasteiger partial charge in [-0.25, -0.2) is 0 Å². The molecule has 2 aromatic rings. The van der Waals surface area contributed by atoms with Gasteiger partial charge in [0.15, 0.2) is 0 Å².